The van der Waals surface area contributed by atoms with Gasteiger partial charge in [-0.05, 0) is 45.2 Å². The first-order chi connectivity index (χ1) is 19.7. The van der Waals surface area contributed by atoms with Gasteiger partial charge in [-0.3, -0.25) is 9.78 Å². The summed E-state index contributed by atoms with van der Waals surface area (Å²) in [6, 6.07) is 2.01. The van der Waals surface area contributed by atoms with Gasteiger partial charge in [0.15, 0.2) is 5.01 Å². The lowest BCUT2D eigenvalue weighted by molar-refractivity contribution is -0.147. The second-order valence-corrected chi connectivity index (χ2v) is 13.8. The van der Waals surface area contributed by atoms with E-state index < -0.39 is 33.6 Å². The maximum Gasteiger partial charge on any atom is 0.404 e. The van der Waals surface area contributed by atoms with Gasteiger partial charge in [-0.15, -0.1) is 21.5 Å². The lowest BCUT2D eigenvalue weighted by Crippen LogP contribution is -2.43. The first-order valence-corrected chi connectivity index (χ1v) is 15.5. The normalized spacial score (nSPS) is 15.6. The summed E-state index contributed by atoms with van der Waals surface area (Å²) in [6.45, 7) is 3.85. The van der Waals surface area contributed by atoms with Gasteiger partial charge < -0.3 is 9.52 Å². The summed E-state index contributed by atoms with van der Waals surface area (Å²) < 4.78 is 73.0. The van der Waals surface area contributed by atoms with E-state index in [0.29, 0.717) is 28.3 Å². The number of sulfonamides is 1. The van der Waals surface area contributed by atoms with Crippen LogP contribution in [0.3, 0.4) is 0 Å². The SMILES string of the molecule is CC(NS(=O)(=O)c1ccc(-c2sc(-c3nnc(CC(C)(C)C(=O)O)o3)nc2CC2CCC2)c2cnccc12)C(F)(F)F. The average molecular weight is 624 g/mol. The molecule has 3 aromatic heterocycles. The number of aliphatic carboxylic acids is 1. The minimum Gasteiger partial charge on any atom is -0.481 e. The third kappa shape index (κ3) is 6.03. The van der Waals surface area contributed by atoms with Crippen LogP contribution in [0.5, 0.6) is 0 Å². The number of nitrogens with zero attached hydrogens (tertiary/aromatic N) is 4. The highest BCUT2D eigenvalue weighted by atomic mass is 32.2. The number of carbonyl (C=O) groups is 1. The van der Waals surface area contributed by atoms with Crippen LogP contribution in [0.25, 0.3) is 32.1 Å². The van der Waals surface area contributed by atoms with Crippen LogP contribution in [-0.4, -0.2) is 51.9 Å². The Morgan fingerprint density at radius 3 is 2.57 bits per heavy atom. The molecule has 3 heterocycles. The molecule has 0 amide bonds. The molecular weight excluding hydrogens is 595 g/mol. The molecule has 15 heteroatoms. The molecule has 1 atom stereocenters. The Balaban J connectivity index is 1.57. The number of hydrogen-bond acceptors (Lipinski definition) is 9. The van der Waals surface area contributed by atoms with Crippen molar-refractivity contribution >= 4 is 38.1 Å². The van der Waals surface area contributed by atoms with Crippen LogP contribution < -0.4 is 4.72 Å². The van der Waals surface area contributed by atoms with E-state index in [1.54, 1.807) is 24.6 Å². The summed E-state index contributed by atoms with van der Waals surface area (Å²) in [4.78, 5) is 20.9. The van der Waals surface area contributed by atoms with Crippen LogP contribution in [0, 0.1) is 11.3 Å². The molecule has 1 aliphatic rings. The van der Waals surface area contributed by atoms with Crippen molar-refractivity contribution < 1.29 is 35.9 Å². The van der Waals surface area contributed by atoms with E-state index in [2.05, 4.69) is 15.2 Å². The zero-order valence-corrected chi connectivity index (χ0v) is 24.5. The fourth-order valence-electron chi connectivity index (χ4n) is 4.59. The third-order valence-electron chi connectivity index (χ3n) is 7.36. The number of halogens is 3. The molecule has 1 fully saturated rings. The Morgan fingerprint density at radius 1 is 1.19 bits per heavy atom. The zero-order valence-electron chi connectivity index (χ0n) is 22.9. The number of rotatable bonds is 10. The molecule has 1 saturated carbocycles. The number of nitrogens with one attached hydrogen (secondary N) is 1. The Bertz CT molecular complexity index is 1750. The number of alkyl halides is 3. The molecule has 1 aromatic carbocycles. The molecule has 1 unspecified atom stereocenters. The Hall–Kier alpha value is -3.43. The fourth-order valence-corrected chi connectivity index (χ4v) is 7.08. The van der Waals surface area contributed by atoms with Gasteiger partial charge in [0.05, 0.1) is 20.9 Å². The standard InChI is InChI=1S/C27H28F3N5O5S2/c1-14(27(28,29)30)35-42(38,39)20-8-7-17(18-13-31-10-9-16(18)20)22-19(11-15-5-4-6-15)32-24(41-22)23-34-33-21(40-23)12-26(2,3)25(36)37/h7-10,13-15,35H,4-6,11-12H2,1-3H3,(H,36,37). The number of pyridine rings is 1. The van der Waals surface area contributed by atoms with Gasteiger partial charge >= 0.3 is 12.1 Å². The highest BCUT2D eigenvalue weighted by Crippen LogP contribution is 2.42. The van der Waals surface area contributed by atoms with E-state index >= 15 is 0 Å². The topological polar surface area (TPSA) is 148 Å². The number of hydrogen-bond donors (Lipinski definition) is 2. The van der Waals surface area contributed by atoms with Gasteiger partial charge in [0.25, 0.3) is 5.89 Å². The summed E-state index contributed by atoms with van der Waals surface area (Å²) in [6.07, 6.45) is 1.99. The summed E-state index contributed by atoms with van der Waals surface area (Å²) in [5.41, 5.74) is 0.245. The van der Waals surface area contributed by atoms with Crippen molar-refractivity contribution in [1.29, 1.82) is 0 Å². The molecule has 0 aliphatic heterocycles. The number of benzene rings is 1. The van der Waals surface area contributed by atoms with E-state index in [-0.39, 0.29) is 28.5 Å². The molecule has 0 radical (unpaired) electrons. The van der Waals surface area contributed by atoms with Crippen LogP contribution in [0.15, 0.2) is 39.9 Å². The first kappa shape index (κ1) is 30.0. The van der Waals surface area contributed by atoms with E-state index in [1.807, 2.05) is 0 Å². The lowest BCUT2D eigenvalue weighted by atomic mass is 9.81. The second-order valence-electron chi connectivity index (χ2n) is 11.1. The number of carboxylic acid groups (broad SMARTS) is 1. The number of aromatic nitrogens is 4. The van der Waals surface area contributed by atoms with Crippen molar-refractivity contribution in [3.8, 4) is 21.3 Å². The van der Waals surface area contributed by atoms with E-state index in [9.17, 15) is 31.5 Å². The zero-order chi connectivity index (χ0) is 30.4. The van der Waals surface area contributed by atoms with Gasteiger partial charge in [-0.25, -0.2) is 13.4 Å². The molecule has 1 aliphatic carbocycles. The molecule has 2 N–H and O–H groups in total. The molecule has 4 aromatic rings. The molecule has 5 rings (SSSR count). The quantitative estimate of drug-likeness (QED) is 0.229. The summed E-state index contributed by atoms with van der Waals surface area (Å²) in [7, 11) is -4.53. The summed E-state index contributed by atoms with van der Waals surface area (Å²) in [5, 5.41) is 18.6. The van der Waals surface area contributed by atoms with Crippen molar-refractivity contribution in [1.82, 2.24) is 24.9 Å². The van der Waals surface area contributed by atoms with Gasteiger partial charge in [-0.1, -0.05) is 25.3 Å². The maximum absolute atomic E-state index is 13.2. The van der Waals surface area contributed by atoms with Crippen molar-refractivity contribution in [2.75, 3.05) is 0 Å². The van der Waals surface area contributed by atoms with Crippen molar-refractivity contribution in [3.05, 3.63) is 42.2 Å². The Morgan fingerprint density at radius 2 is 1.93 bits per heavy atom. The van der Waals surface area contributed by atoms with Crippen molar-refractivity contribution in [2.24, 2.45) is 11.3 Å². The Labute approximate surface area is 243 Å². The number of carboxylic acids is 1. The third-order valence-corrected chi connectivity index (χ3v) is 10.1. The van der Waals surface area contributed by atoms with Crippen LogP contribution in [-0.2, 0) is 27.7 Å². The van der Waals surface area contributed by atoms with E-state index in [0.717, 1.165) is 36.8 Å². The van der Waals surface area contributed by atoms with Crippen LogP contribution in [0.4, 0.5) is 13.2 Å². The molecule has 0 bridgehead atoms. The minimum atomic E-state index is -4.75. The highest BCUT2D eigenvalue weighted by Gasteiger charge is 2.39. The fraction of sp³-hybridized carbons (Fsp3) is 0.444. The molecule has 0 spiro atoms. The number of thiazole rings is 1. The van der Waals surface area contributed by atoms with Gasteiger partial charge in [0, 0.05) is 35.2 Å². The average Bonchev–Trinajstić information content (AvgIpc) is 3.51. The van der Waals surface area contributed by atoms with Crippen LogP contribution in [0.1, 0.15) is 51.6 Å². The summed E-state index contributed by atoms with van der Waals surface area (Å²) >= 11 is 1.26. The van der Waals surface area contributed by atoms with Crippen LogP contribution >= 0.6 is 11.3 Å². The Kier molecular flexibility index (Phi) is 7.87. The predicted molar refractivity (Wildman–Crippen MR) is 148 cm³/mol. The molecular formula is C27H28F3N5O5S2. The monoisotopic (exact) mass is 623 g/mol. The van der Waals surface area contributed by atoms with Gasteiger partial charge in [0.1, 0.15) is 6.04 Å². The van der Waals surface area contributed by atoms with Gasteiger partial charge in [-0.2, -0.15) is 17.9 Å². The smallest absolute Gasteiger partial charge is 0.404 e. The molecule has 42 heavy (non-hydrogen) atoms. The molecule has 0 saturated heterocycles. The lowest BCUT2D eigenvalue weighted by Gasteiger charge is -2.24. The largest absolute Gasteiger partial charge is 0.481 e. The van der Waals surface area contributed by atoms with E-state index in [4.69, 9.17) is 9.40 Å². The predicted octanol–water partition coefficient (Wildman–Crippen LogP) is 5.63. The first-order valence-electron chi connectivity index (χ1n) is 13.2. The molecule has 10 nitrogen and oxygen atoms in total. The van der Waals surface area contributed by atoms with Crippen molar-refractivity contribution in [2.45, 2.75) is 70.0 Å². The summed E-state index contributed by atoms with van der Waals surface area (Å²) in [5.74, 6) is -0.301. The van der Waals surface area contributed by atoms with E-state index in [1.165, 1.54) is 35.9 Å². The molecule has 224 valence electrons. The van der Waals surface area contributed by atoms with Crippen molar-refractivity contribution in [3.63, 3.8) is 0 Å². The maximum atomic E-state index is 13.2. The number of fused-ring (bicyclic) bond motifs is 1. The minimum absolute atomic E-state index is 0.0235. The van der Waals surface area contributed by atoms with Gasteiger partial charge in [0.2, 0.25) is 15.9 Å². The van der Waals surface area contributed by atoms with Crippen LogP contribution in [0.2, 0.25) is 0 Å². The second kappa shape index (κ2) is 11.0. The highest BCUT2D eigenvalue weighted by molar-refractivity contribution is 7.89.